The molecule has 1 amide bonds. The van der Waals surface area contributed by atoms with Crippen molar-refractivity contribution in [2.45, 2.75) is 148 Å². The summed E-state index contributed by atoms with van der Waals surface area (Å²) in [5.74, 6) is -0.309. The summed E-state index contributed by atoms with van der Waals surface area (Å²) in [6, 6.07) is 0. The van der Waals surface area contributed by atoms with Crippen LogP contribution in [0.4, 0.5) is 0 Å². The Labute approximate surface area is 216 Å². The lowest BCUT2D eigenvalue weighted by Gasteiger charge is -2.12. The first-order valence-corrected chi connectivity index (χ1v) is 14.9. The molecule has 0 aromatic carbocycles. The molecule has 3 N–H and O–H groups in total. The maximum atomic E-state index is 11.9. The average molecular weight is 499 g/mol. The van der Waals surface area contributed by atoms with Crippen molar-refractivity contribution >= 4 is 11.9 Å². The molecule has 0 aliphatic rings. The van der Waals surface area contributed by atoms with E-state index < -0.39 is 6.10 Å². The van der Waals surface area contributed by atoms with E-state index in [0.717, 1.165) is 25.7 Å². The molecule has 0 fully saturated rings. The zero-order chi connectivity index (χ0) is 25.8. The molecular formula is C29H58N2O4. The molecule has 35 heavy (non-hydrogen) atoms. The van der Waals surface area contributed by atoms with E-state index >= 15 is 0 Å². The van der Waals surface area contributed by atoms with Gasteiger partial charge in [-0.1, -0.05) is 123 Å². The number of carbonyl (C=O) groups excluding carboxylic acids is 2. The van der Waals surface area contributed by atoms with Crippen LogP contribution in [0.1, 0.15) is 142 Å². The van der Waals surface area contributed by atoms with Crippen molar-refractivity contribution in [2.24, 2.45) is 0 Å². The van der Waals surface area contributed by atoms with Crippen molar-refractivity contribution in [3.8, 4) is 0 Å². The molecule has 0 aliphatic heterocycles. The molecular weight excluding hydrogens is 440 g/mol. The number of esters is 1. The van der Waals surface area contributed by atoms with Crippen LogP contribution in [0.3, 0.4) is 0 Å². The molecule has 208 valence electrons. The maximum absolute atomic E-state index is 11.9. The summed E-state index contributed by atoms with van der Waals surface area (Å²) >= 11 is 0. The van der Waals surface area contributed by atoms with Crippen LogP contribution in [-0.2, 0) is 14.3 Å². The summed E-state index contributed by atoms with van der Waals surface area (Å²) < 4.78 is 5.15. The Bertz CT molecular complexity index is 474. The highest BCUT2D eigenvalue weighted by molar-refractivity contribution is 5.77. The van der Waals surface area contributed by atoms with E-state index in [9.17, 15) is 14.7 Å². The van der Waals surface area contributed by atoms with Crippen LogP contribution in [0.25, 0.3) is 0 Å². The minimum absolute atomic E-state index is 0.0243. The first-order valence-electron chi connectivity index (χ1n) is 14.9. The minimum atomic E-state index is -0.795. The van der Waals surface area contributed by atoms with E-state index in [1.165, 1.54) is 96.3 Å². The fourth-order valence-electron chi connectivity index (χ4n) is 4.16. The van der Waals surface area contributed by atoms with E-state index in [4.69, 9.17) is 4.74 Å². The van der Waals surface area contributed by atoms with Gasteiger partial charge in [0, 0.05) is 19.5 Å². The summed E-state index contributed by atoms with van der Waals surface area (Å²) in [5, 5.41) is 15.8. The summed E-state index contributed by atoms with van der Waals surface area (Å²) in [6.45, 7) is 5.56. The monoisotopic (exact) mass is 498 g/mol. The van der Waals surface area contributed by atoms with Gasteiger partial charge in [0.2, 0.25) is 5.91 Å². The molecule has 6 nitrogen and oxygen atoms in total. The molecule has 0 aromatic heterocycles. The summed E-state index contributed by atoms with van der Waals surface area (Å²) in [5.41, 5.74) is 0. The standard InChI is InChI=1S/C29H58N2O4/c1-3-5-7-9-11-13-15-17-19-21-23-31-28(33)25-30-24-27(32)26-35-29(34)22-20-18-16-14-12-10-8-6-4-2/h27,30,32H,3-26H2,1-2H3,(H,31,33). The van der Waals surface area contributed by atoms with Crippen LogP contribution >= 0.6 is 0 Å². The van der Waals surface area contributed by atoms with Crippen molar-refractivity contribution in [1.29, 1.82) is 0 Å². The number of hydrogen-bond donors (Lipinski definition) is 3. The molecule has 0 aromatic rings. The summed E-state index contributed by atoms with van der Waals surface area (Å²) in [6.07, 6.45) is 23.3. The topological polar surface area (TPSA) is 87.7 Å². The number of aliphatic hydroxyl groups is 1. The number of amides is 1. The highest BCUT2D eigenvalue weighted by Gasteiger charge is 2.09. The van der Waals surface area contributed by atoms with Gasteiger partial charge in [0.15, 0.2) is 0 Å². The molecule has 1 unspecified atom stereocenters. The van der Waals surface area contributed by atoms with Crippen LogP contribution in [-0.4, -0.2) is 49.3 Å². The Morgan fingerprint density at radius 2 is 1.14 bits per heavy atom. The van der Waals surface area contributed by atoms with Crippen LogP contribution < -0.4 is 10.6 Å². The molecule has 0 saturated heterocycles. The van der Waals surface area contributed by atoms with Gasteiger partial charge in [0.1, 0.15) is 12.7 Å². The Kier molecular flexibility index (Phi) is 26.6. The first-order chi connectivity index (χ1) is 17.1. The van der Waals surface area contributed by atoms with Crippen LogP contribution in [0.15, 0.2) is 0 Å². The van der Waals surface area contributed by atoms with E-state index in [0.29, 0.717) is 13.0 Å². The highest BCUT2D eigenvalue weighted by atomic mass is 16.5. The largest absolute Gasteiger partial charge is 0.463 e. The van der Waals surface area contributed by atoms with Gasteiger partial charge in [-0.3, -0.25) is 9.59 Å². The smallest absolute Gasteiger partial charge is 0.305 e. The van der Waals surface area contributed by atoms with Gasteiger partial charge in [-0.2, -0.15) is 0 Å². The average Bonchev–Trinajstić information content (AvgIpc) is 2.85. The number of rotatable bonds is 27. The Morgan fingerprint density at radius 3 is 1.66 bits per heavy atom. The second kappa shape index (κ2) is 27.4. The molecule has 0 aliphatic carbocycles. The molecule has 0 heterocycles. The lowest BCUT2D eigenvalue weighted by Crippen LogP contribution is -2.39. The number of carbonyl (C=O) groups is 2. The number of nitrogens with one attached hydrogen (secondary N) is 2. The fraction of sp³-hybridized carbons (Fsp3) is 0.931. The molecule has 6 heteroatoms. The van der Waals surface area contributed by atoms with E-state index in [-0.39, 0.29) is 31.6 Å². The molecule has 0 rings (SSSR count). The van der Waals surface area contributed by atoms with Crippen molar-refractivity contribution in [3.63, 3.8) is 0 Å². The van der Waals surface area contributed by atoms with Gasteiger partial charge >= 0.3 is 5.97 Å². The molecule has 0 spiro atoms. The number of aliphatic hydroxyl groups excluding tert-OH is 1. The third-order valence-electron chi connectivity index (χ3n) is 6.44. The van der Waals surface area contributed by atoms with E-state index in [1.807, 2.05) is 0 Å². The zero-order valence-corrected chi connectivity index (χ0v) is 23.2. The van der Waals surface area contributed by atoms with Gasteiger partial charge in [0.25, 0.3) is 0 Å². The van der Waals surface area contributed by atoms with Gasteiger partial charge in [-0.05, 0) is 12.8 Å². The normalized spacial score (nSPS) is 12.0. The zero-order valence-electron chi connectivity index (χ0n) is 23.2. The highest BCUT2D eigenvalue weighted by Crippen LogP contribution is 2.11. The second-order valence-electron chi connectivity index (χ2n) is 10.1. The van der Waals surface area contributed by atoms with Gasteiger partial charge in [0.05, 0.1) is 6.54 Å². The third-order valence-corrected chi connectivity index (χ3v) is 6.44. The quantitative estimate of drug-likeness (QED) is 0.0896. The van der Waals surface area contributed by atoms with Crippen molar-refractivity contribution in [2.75, 3.05) is 26.2 Å². The molecule has 0 radical (unpaired) electrons. The minimum Gasteiger partial charge on any atom is -0.463 e. The van der Waals surface area contributed by atoms with Gasteiger partial charge in [-0.15, -0.1) is 0 Å². The second-order valence-corrected chi connectivity index (χ2v) is 10.1. The Hall–Kier alpha value is -1.14. The van der Waals surface area contributed by atoms with Crippen molar-refractivity contribution in [3.05, 3.63) is 0 Å². The summed E-state index contributed by atoms with van der Waals surface area (Å²) in [7, 11) is 0. The number of hydrogen-bond acceptors (Lipinski definition) is 5. The SMILES string of the molecule is CCCCCCCCCCCCNC(=O)CNCC(O)COC(=O)CCCCCCCCCCC. The molecule has 0 saturated carbocycles. The van der Waals surface area contributed by atoms with Crippen LogP contribution in [0.2, 0.25) is 0 Å². The predicted molar refractivity (Wildman–Crippen MR) is 147 cm³/mol. The van der Waals surface area contributed by atoms with Crippen molar-refractivity contribution < 1.29 is 19.4 Å². The maximum Gasteiger partial charge on any atom is 0.305 e. The first kappa shape index (κ1) is 33.9. The molecule has 1 atom stereocenters. The summed E-state index contributed by atoms with van der Waals surface area (Å²) in [4.78, 5) is 23.7. The third kappa shape index (κ3) is 27.3. The number of ether oxygens (including phenoxy) is 1. The van der Waals surface area contributed by atoms with Gasteiger partial charge < -0.3 is 20.5 Å². The lowest BCUT2D eigenvalue weighted by molar-refractivity contribution is -0.146. The van der Waals surface area contributed by atoms with Crippen LogP contribution in [0.5, 0.6) is 0 Å². The van der Waals surface area contributed by atoms with E-state index in [1.54, 1.807) is 0 Å². The fourth-order valence-corrected chi connectivity index (χ4v) is 4.16. The Balaban J connectivity index is 3.41. The lowest BCUT2D eigenvalue weighted by atomic mass is 10.1. The predicted octanol–water partition coefficient (Wildman–Crippen LogP) is 6.44. The molecule has 0 bridgehead atoms. The Morgan fingerprint density at radius 1 is 0.686 bits per heavy atom. The van der Waals surface area contributed by atoms with Crippen molar-refractivity contribution in [1.82, 2.24) is 10.6 Å². The number of unbranched alkanes of at least 4 members (excludes halogenated alkanes) is 17. The van der Waals surface area contributed by atoms with Gasteiger partial charge in [-0.25, -0.2) is 0 Å². The van der Waals surface area contributed by atoms with E-state index in [2.05, 4.69) is 24.5 Å². The van der Waals surface area contributed by atoms with Crippen LogP contribution in [0, 0.1) is 0 Å².